The topological polar surface area (TPSA) is 27.7 Å². The van der Waals surface area contributed by atoms with Gasteiger partial charge in [0.25, 0.3) is 0 Å². The quantitative estimate of drug-likeness (QED) is 0.607. The minimum atomic E-state index is -1.03. The van der Waals surface area contributed by atoms with Crippen molar-refractivity contribution in [2.45, 2.75) is 20.8 Å². The van der Waals surface area contributed by atoms with Gasteiger partial charge in [-0.2, -0.15) is 0 Å². The molecule has 0 saturated carbocycles. The van der Waals surface area contributed by atoms with Crippen molar-refractivity contribution in [3.63, 3.8) is 0 Å². The molecule has 3 nitrogen and oxygen atoms in total. The predicted molar refractivity (Wildman–Crippen MR) is 44.2 cm³/mol. The molecular weight excluding hydrogens is 163 g/mol. The smallest absolute Gasteiger partial charge is 0.313 e. The standard InChI is InChI=1S/C7H15O3P/c1-4-8-11-9-5-7(2,3)6-10-11/h4-6H2,1-3H3. The molecule has 0 unspecified atom stereocenters. The Labute approximate surface area is 69.0 Å². The predicted octanol–water partition coefficient (Wildman–Crippen LogP) is 2.32. The van der Waals surface area contributed by atoms with Crippen molar-refractivity contribution in [3.05, 3.63) is 0 Å². The van der Waals surface area contributed by atoms with Gasteiger partial charge in [-0.1, -0.05) is 13.8 Å². The van der Waals surface area contributed by atoms with Crippen molar-refractivity contribution in [2.75, 3.05) is 19.8 Å². The summed E-state index contributed by atoms with van der Waals surface area (Å²) in [5.41, 5.74) is 0.149. The Kier molecular flexibility index (Phi) is 3.26. The normalized spacial score (nSPS) is 25.4. The highest BCUT2D eigenvalue weighted by Crippen LogP contribution is 2.46. The Morgan fingerprint density at radius 3 is 2.36 bits per heavy atom. The Hall–Kier alpha value is 0.310. The number of hydrogen-bond donors (Lipinski definition) is 0. The molecule has 0 aliphatic carbocycles. The van der Waals surface area contributed by atoms with E-state index in [1.807, 2.05) is 6.92 Å². The molecule has 0 aromatic rings. The van der Waals surface area contributed by atoms with E-state index in [9.17, 15) is 0 Å². The van der Waals surface area contributed by atoms with Crippen LogP contribution in [0, 0.1) is 5.41 Å². The van der Waals surface area contributed by atoms with Crippen LogP contribution in [0.1, 0.15) is 20.8 Å². The molecular formula is C7H15O3P. The van der Waals surface area contributed by atoms with Crippen molar-refractivity contribution in [1.82, 2.24) is 0 Å². The van der Waals surface area contributed by atoms with E-state index in [1.165, 1.54) is 0 Å². The molecule has 0 radical (unpaired) electrons. The van der Waals surface area contributed by atoms with E-state index in [0.29, 0.717) is 6.61 Å². The summed E-state index contributed by atoms with van der Waals surface area (Å²) in [6.07, 6.45) is 0. The lowest BCUT2D eigenvalue weighted by molar-refractivity contribution is 0.0292. The molecule has 1 aliphatic heterocycles. The van der Waals surface area contributed by atoms with Crippen molar-refractivity contribution in [3.8, 4) is 0 Å². The van der Waals surface area contributed by atoms with Crippen molar-refractivity contribution in [2.24, 2.45) is 5.41 Å². The molecule has 66 valence electrons. The van der Waals surface area contributed by atoms with Gasteiger partial charge in [0.2, 0.25) is 0 Å². The van der Waals surface area contributed by atoms with E-state index in [1.54, 1.807) is 0 Å². The lowest BCUT2D eigenvalue weighted by Crippen LogP contribution is -2.28. The maximum atomic E-state index is 5.35. The van der Waals surface area contributed by atoms with E-state index in [4.69, 9.17) is 13.6 Å². The van der Waals surface area contributed by atoms with Crippen LogP contribution < -0.4 is 0 Å². The molecule has 1 saturated heterocycles. The van der Waals surface area contributed by atoms with Crippen LogP contribution in [0.2, 0.25) is 0 Å². The van der Waals surface area contributed by atoms with Gasteiger partial charge < -0.3 is 13.6 Å². The Balaban J connectivity index is 2.25. The summed E-state index contributed by atoms with van der Waals surface area (Å²) in [5.74, 6) is 0. The first-order chi connectivity index (χ1) is 5.14. The maximum absolute atomic E-state index is 5.35. The molecule has 1 fully saturated rings. The Morgan fingerprint density at radius 1 is 1.36 bits per heavy atom. The third-order valence-corrected chi connectivity index (χ3v) is 2.50. The molecule has 0 spiro atoms. The summed E-state index contributed by atoms with van der Waals surface area (Å²) in [6.45, 7) is 8.30. The average Bonchev–Trinajstić information content (AvgIpc) is 1.94. The van der Waals surface area contributed by atoms with Gasteiger partial charge >= 0.3 is 8.60 Å². The molecule has 0 atom stereocenters. The van der Waals surface area contributed by atoms with Crippen LogP contribution in [0.25, 0.3) is 0 Å². The molecule has 0 aromatic heterocycles. The van der Waals surface area contributed by atoms with E-state index in [0.717, 1.165) is 13.2 Å². The van der Waals surface area contributed by atoms with Gasteiger partial charge in [-0.15, -0.1) is 0 Å². The summed E-state index contributed by atoms with van der Waals surface area (Å²) in [7, 11) is -1.03. The van der Waals surface area contributed by atoms with Gasteiger partial charge in [-0.3, -0.25) is 0 Å². The van der Waals surface area contributed by atoms with Crippen LogP contribution in [0.5, 0.6) is 0 Å². The van der Waals surface area contributed by atoms with Crippen LogP contribution in [-0.4, -0.2) is 19.8 Å². The highest BCUT2D eigenvalue weighted by atomic mass is 31.2. The van der Waals surface area contributed by atoms with Gasteiger partial charge in [-0.25, -0.2) is 0 Å². The summed E-state index contributed by atoms with van der Waals surface area (Å²) in [5, 5.41) is 0. The van der Waals surface area contributed by atoms with Crippen molar-refractivity contribution >= 4 is 8.60 Å². The van der Waals surface area contributed by atoms with Crippen LogP contribution >= 0.6 is 8.60 Å². The summed E-state index contributed by atoms with van der Waals surface area (Å²) < 4.78 is 15.9. The van der Waals surface area contributed by atoms with E-state index in [2.05, 4.69) is 13.8 Å². The second-order valence-corrected chi connectivity index (χ2v) is 4.57. The Morgan fingerprint density at radius 2 is 1.91 bits per heavy atom. The first-order valence-electron chi connectivity index (χ1n) is 3.83. The van der Waals surface area contributed by atoms with E-state index in [-0.39, 0.29) is 5.41 Å². The SMILES string of the molecule is CCOP1OCC(C)(C)CO1. The zero-order chi connectivity index (χ0) is 8.32. The second kappa shape index (κ2) is 3.81. The molecule has 1 rings (SSSR count). The Bertz CT molecular complexity index is 117. The molecule has 11 heavy (non-hydrogen) atoms. The summed E-state index contributed by atoms with van der Waals surface area (Å²) in [4.78, 5) is 0. The first-order valence-corrected chi connectivity index (χ1v) is 4.92. The van der Waals surface area contributed by atoms with Crippen molar-refractivity contribution in [1.29, 1.82) is 0 Å². The average molecular weight is 178 g/mol. The monoisotopic (exact) mass is 178 g/mol. The van der Waals surface area contributed by atoms with Crippen LogP contribution in [0.15, 0.2) is 0 Å². The fourth-order valence-electron chi connectivity index (χ4n) is 0.714. The zero-order valence-electron chi connectivity index (χ0n) is 7.29. The van der Waals surface area contributed by atoms with Gasteiger partial charge in [0.1, 0.15) is 0 Å². The first kappa shape index (κ1) is 9.40. The van der Waals surface area contributed by atoms with E-state index >= 15 is 0 Å². The highest BCUT2D eigenvalue weighted by Gasteiger charge is 2.29. The van der Waals surface area contributed by atoms with Crippen molar-refractivity contribution < 1.29 is 13.6 Å². The molecule has 1 heterocycles. The fourth-order valence-corrected chi connectivity index (χ4v) is 2.06. The third-order valence-electron chi connectivity index (χ3n) is 1.36. The minimum Gasteiger partial charge on any atom is -0.313 e. The van der Waals surface area contributed by atoms with Crippen LogP contribution in [-0.2, 0) is 13.6 Å². The molecule has 1 aliphatic rings. The second-order valence-electron chi connectivity index (χ2n) is 3.35. The highest BCUT2D eigenvalue weighted by molar-refractivity contribution is 7.41. The number of hydrogen-bond acceptors (Lipinski definition) is 3. The molecule has 0 N–H and O–H groups in total. The fraction of sp³-hybridized carbons (Fsp3) is 1.00. The van der Waals surface area contributed by atoms with Crippen LogP contribution in [0.4, 0.5) is 0 Å². The lowest BCUT2D eigenvalue weighted by Gasteiger charge is -2.32. The molecule has 0 aromatic carbocycles. The third kappa shape index (κ3) is 3.04. The van der Waals surface area contributed by atoms with Gasteiger partial charge in [0.05, 0.1) is 19.8 Å². The summed E-state index contributed by atoms with van der Waals surface area (Å²) in [6, 6.07) is 0. The van der Waals surface area contributed by atoms with Gasteiger partial charge in [-0.05, 0) is 6.92 Å². The lowest BCUT2D eigenvalue weighted by atomic mass is 9.97. The zero-order valence-corrected chi connectivity index (χ0v) is 8.19. The maximum Gasteiger partial charge on any atom is 0.332 e. The largest absolute Gasteiger partial charge is 0.332 e. The summed E-state index contributed by atoms with van der Waals surface area (Å²) >= 11 is 0. The molecule has 4 heteroatoms. The molecule has 0 bridgehead atoms. The number of rotatable bonds is 2. The molecule has 0 amide bonds. The van der Waals surface area contributed by atoms with Gasteiger partial charge in [0.15, 0.2) is 0 Å². The van der Waals surface area contributed by atoms with E-state index < -0.39 is 8.60 Å². The van der Waals surface area contributed by atoms with Gasteiger partial charge in [0, 0.05) is 5.41 Å². The minimum absolute atomic E-state index is 0.149. The van der Waals surface area contributed by atoms with Crippen LogP contribution in [0.3, 0.4) is 0 Å².